The van der Waals surface area contributed by atoms with E-state index in [1.807, 2.05) is 45.0 Å². The van der Waals surface area contributed by atoms with Gasteiger partial charge >= 0.3 is 0 Å². The Kier molecular flexibility index (Phi) is 5.04. The molecule has 2 heterocycles. The summed E-state index contributed by atoms with van der Waals surface area (Å²) in [6, 6.07) is 15.2. The van der Waals surface area contributed by atoms with Crippen LogP contribution in [0.15, 0.2) is 53.6 Å². The number of nitriles is 1. The van der Waals surface area contributed by atoms with Crippen molar-refractivity contribution in [2.75, 3.05) is 7.11 Å². The molecule has 1 amide bonds. The molecule has 2 aliphatic heterocycles. The minimum Gasteiger partial charge on any atom is -0.497 e. The number of hydrogen-bond donors (Lipinski definition) is 1. The highest BCUT2D eigenvalue weighted by Crippen LogP contribution is 2.60. The highest BCUT2D eigenvalue weighted by molar-refractivity contribution is 5.96. The molecule has 0 saturated carbocycles. The van der Waals surface area contributed by atoms with Crippen molar-refractivity contribution in [2.24, 2.45) is 21.7 Å². The fraction of sp³-hybridized carbons (Fsp3) is 0.360. The summed E-state index contributed by atoms with van der Waals surface area (Å²) in [6.07, 6.45) is 1.67. The normalized spacial score (nSPS) is 26.1. The summed E-state index contributed by atoms with van der Waals surface area (Å²) in [5, 5.41) is 16.7. The first-order valence-electron chi connectivity index (χ1n) is 10.5. The second-order valence-corrected chi connectivity index (χ2v) is 9.31. The van der Waals surface area contributed by atoms with Gasteiger partial charge in [0.25, 0.3) is 0 Å². The predicted molar refractivity (Wildman–Crippen MR) is 120 cm³/mol. The van der Waals surface area contributed by atoms with Crippen molar-refractivity contribution < 1.29 is 14.3 Å². The number of nitrogens with two attached hydrogens (primary N) is 1. The third-order valence-corrected chi connectivity index (χ3v) is 6.48. The van der Waals surface area contributed by atoms with E-state index < -0.39 is 34.7 Å². The number of nitrogens with zero attached hydrogens (tertiary/aromatic N) is 3. The van der Waals surface area contributed by atoms with Crippen LogP contribution >= 0.6 is 0 Å². The number of Topliss-reactive ketones (excluding diaryl/α,β-unsaturated/α-hetero) is 1. The smallest absolute Gasteiger partial charge is 0.241 e. The number of methoxy groups -OCH3 is 1. The second kappa shape index (κ2) is 7.49. The number of primary amides is 1. The van der Waals surface area contributed by atoms with Crippen molar-refractivity contribution in [3.8, 4) is 11.8 Å². The Morgan fingerprint density at radius 3 is 2.38 bits per heavy atom. The number of ketones is 1. The number of rotatable bonds is 4. The molecule has 1 fully saturated rings. The molecule has 164 valence electrons. The van der Waals surface area contributed by atoms with Crippen molar-refractivity contribution in [1.82, 2.24) is 5.01 Å². The van der Waals surface area contributed by atoms with E-state index in [9.17, 15) is 14.9 Å². The molecule has 0 aromatic heterocycles. The number of hydrogen-bond acceptors (Lipinski definition) is 6. The van der Waals surface area contributed by atoms with E-state index in [1.165, 1.54) is 0 Å². The van der Waals surface area contributed by atoms with Gasteiger partial charge in [0.05, 0.1) is 19.4 Å². The molecule has 2 aromatic carbocycles. The van der Waals surface area contributed by atoms with Crippen LogP contribution in [0.1, 0.15) is 49.4 Å². The number of fused-ring (bicyclic) bond motifs is 3. The van der Waals surface area contributed by atoms with Crippen LogP contribution in [0.3, 0.4) is 0 Å². The molecule has 0 bridgehead atoms. The SMILES string of the molecule is COc1ccc([C@@H]2[C@@H](C(=O)C(C)(C)C)N3N=Cc4ccccc4C3[C@]2(C#N)C(N)=O)cc1. The van der Waals surface area contributed by atoms with Gasteiger partial charge in [-0.05, 0) is 28.8 Å². The molecule has 0 radical (unpaired) electrons. The summed E-state index contributed by atoms with van der Waals surface area (Å²) >= 11 is 0. The molecule has 7 nitrogen and oxygen atoms in total. The summed E-state index contributed by atoms with van der Waals surface area (Å²) in [7, 11) is 1.56. The van der Waals surface area contributed by atoms with Crippen molar-refractivity contribution >= 4 is 17.9 Å². The van der Waals surface area contributed by atoms with Crippen molar-refractivity contribution in [3.63, 3.8) is 0 Å². The Morgan fingerprint density at radius 2 is 1.81 bits per heavy atom. The van der Waals surface area contributed by atoms with Crippen LogP contribution < -0.4 is 10.5 Å². The summed E-state index contributed by atoms with van der Waals surface area (Å²) in [6.45, 7) is 5.48. The van der Waals surface area contributed by atoms with Crippen LogP contribution in [0.25, 0.3) is 0 Å². The molecular weight excluding hydrogens is 404 g/mol. The molecule has 2 aromatic rings. The number of hydrazone groups is 1. The fourth-order valence-corrected chi connectivity index (χ4v) is 4.92. The van der Waals surface area contributed by atoms with Gasteiger partial charge in [-0.2, -0.15) is 10.4 Å². The lowest BCUT2D eigenvalue weighted by Crippen LogP contribution is -2.45. The van der Waals surface area contributed by atoms with Crippen LogP contribution in [0.4, 0.5) is 0 Å². The average molecular weight is 431 g/mol. The van der Waals surface area contributed by atoms with Crippen LogP contribution in [0, 0.1) is 22.2 Å². The van der Waals surface area contributed by atoms with Crippen LogP contribution in [-0.2, 0) is 9.59 Å². The molecule has 4 rings (SSSR count). The van der Waals surface area contributed by atoms with E-state index in [0.29, 0.717) is 11.3 Å². The predicted octanol–water partition coefficient (Wildman–Crippen LogP) is 3.16. The molecule has 1 saturated heterocycles. The molecule has 1 unspecified atom stereocenters. The van der Waals surface area contributed by atoms with Crippen molar-refractivity contribution in [3.05, 3.63) is 65.2 Å². The van der Waals surface area contributed by atoms with Crippen LogP contribution in [-0.4, -0.2) is 36.1 Å². The third-order valence-electron chi connectivity index (χ3n) is 6.48. The highest BCUT2D eigenvalue weighted by Gasteiger charge is 2.67. The first kappa shape index (κ1) is 21.6. The van der Waals surface area contributed by atoms with Gasteiger partial charge in [-0.15, -0.1) is 0 Å². The summed E-state index contributed by atoms with van der Waals surface area (Å²) in [5.41, 5.74) is 5.78. The summed E-state index contributed by atoms with van der Waals surface area (Å²) in [5.74, 6) is -1.06. The molecule has 32 heavy (non-hydrogen) atoms. The monoisotopic (exact) mass is 430 g/mol. The van der Waals surface area contributed by atoms with Gasteiger partial charge in [0.1, 0.15) is 17.8 Å². The Bertz CT molecular complexity index is 1140. The molecule has 0 spiro atoms. The fourth-order valence-electron chi connectivity index (χ4n) is 4.92. The number of carbonyl (C=O) groups excluding carboxylic acids is 2. The van der Waals surface area contributed by atoms with Gasteiger partial charge < -0.3 is 10.5 Å². The molecule has 2 N–H and O–H groups in total. The standard InChI is InChI=1S/C25H26N4O3/c1-24(2,3)22(30)20-19(15-9-11-17(32-4)12-10-15)25(14-26,23(27)31)21-18-8-6-5-7-16(18)13-28-29(20)21/h5-13,19-21H,1-4H3,(H2,27,31)/t19-,20+,21?,25-/m1/s1. The van der Waals surface area contributed by atoms with Gasteiger partial charge in [-0.3, -0.25) is 14.6 Å². The van der Waals surface area contributed by atoms with E-state index in [-0.39, 0.29) is 5.78 Å². The molecule has 0 aliphatic carbocycles. The average Bonchev–Trinajstić information content (AvgIpc) is 3.09. The first-order valence-corrected chi connectivity index (χ1v) is 10.5. The van der Waals surface area contributed by atoms with Crippen LogP contribution in [0.2, 0.25) is 0 Å². The largest absolute Gasteiger partial charge is 0.497 e. The van der Waals surface area contributed by atoms with E-state index in [0.717, 1.165) is 11.1 Å². The topological polar surface area (TPSA) is 109 Å². The maximum atomic E-state index is 13.8. The van der Waals surface area contributed by atoms with Crippen molar-refractivity contribution in [2.45, 2.75) is 38.8 Å². The van der Waals surface area contributed by atoms with E-state index in [2.05, 4.69) is 11.2 Å². The Hall–Kier alpha value is -3.66. The van der Waals surface area contributed by atoms with Crippen LogP contribution in [0.5, 0.6) is 5.75 Å². The molecular formula is C25H26N4O3. The Morgan fingerprint density at radius 1 is 1.16 bits per heavy atom. The van der Waals surface area contributed by atoms with Gasteiger partial charge in [-0.1, -0.05) is 57.2 Å². The third kappa shape index (κ3) is 2.98. The summed E-state index contributed by atoms with van der Waals surface area (Å²) in [4.78, 5) is 26.9. The lowest BCUT2D eigenvalue weighted by atomic mass is 9.65. The first-order chi connectivity index (χ1) is 15.2. The maximum Gasteiger partial charge on any atom is 0.241 e. The molecule has 7 heteroatoms. The van der Waals surface area contributed by atoms with Gasteiger partial charge in [-0.25, -0.2) is 0 Å². The zero-order valence-corrected chi connectivity index (χ0v) is 18.6. The minimum atomic E-state index is -1.70. The van der Waals surface area contributed by atoms with Gasteiger partial charge in [0, 0.05) is 11.3 Å². The lowest BCUT2D eigenvalue weighted by molar-refractivity contribution is -0.131. The number of amides is 1. The van der Waals surface area contributed by atoms with Crippen molar-refractivity contribution in [1.29, 1.82) is 5.26 Å². The number of carbonyl (C=O) groups is 2. The number of benzene rings is 2. The minimum absolute atomic E-state index is 0.113. The highest BCUT2D eigenvalue weighted by atomic mass is 16.5. The molecule has 4 atom stereocenters. The summed E-state index contributed by atoms with van der Waals surface area (Å²) < 4.78 is 5.27. The van der Waals surface area contributed by atoms with E-state index in [1.54, 1.807) is 42.6 Å². The Balaban J connectivity index is 2.03. The van der Waals surface area contributed by atoms with E-state index in [4.69, 9.17) is 10.5 Å². The van der Waals surface area contributed by atoms with Gasteiger partial charge in [0.15, 0.2) is 11.2 Å². The zero-order chi connectivity index (χ0) is 23.3. The van der Waals surface area contributed by atoms with Gasteiger partial charge in [0.2, 0.25) is 5.91 Å². The number of ether oxygens (including phenoxy) is 1. The molecule has 2 aliphatic rings. The Labute approximate surface area is 187 Å². The zero-order valence-electron chi connectivity index (χ0n) is 18.6. The lowest BCUT2D eigenvalue weighted by Gasteiger charge is -2.35. The quantitative estimate of drug-likeness (QED) is 0.801. The maximum absolute atomic E-state index is 13.8. The van der Waals surface area contributed by atoms with E-state index >= 15 is 0 Å². The second-order valence-electron chi connectivity index (χ2n) is 9.31.